The monoisotopic (exact) mass is 221 g/mol. The highest BCUT2D eigenvalue weighted by atomic mass is 15.1. The molecule has 1 aliphatic rings. The molecular weight excluding hydrogens is 196 g/mol. The van der Waals surface area contributed by atoms with Crippen LogP contribution in [0.5, 0.6) is 0 Å². The Kier molecular flexibility index (Phi) is 4.44. The van der Waals surface area contributed by atoms with Crippen LogP contribution >= 0.6 is 0 Å². The highest BCUT2D eigenvalue weighted by molar-refractivity contribution is 4.91. The van der Waals surface area contributed by atoms with E-state index in [0.717, 1.165) is 0 Å². The number of aromatic nitrogens is 2. The van der Waals surface area contributed by atoms with E-state index in [0.29, 0.717) is 0 Å². The van der Waals surface area contributed by atoms with Gasteiger partial charge in [0.15, 0.2) is 0 Å². The average molecular weight is 221 g/mol. The molecule has 2 heteroatoms. The Labute approximate surface area is 99.1 Å². The fourth-order valence-corrected chi connectivity index (χ4v) is 2.67. The number of nitrogens with zero attached hydrogens (tertiary/aromatic N) is 1. The van der Waals surface area contributed by atoms with Crippen molar-refractivity contribution in [3.05, 3.63) is 17.7 Å². The van der Waals surface area contributed by atoms with Gasteiger partial charge in [0, 0.05) is 12.8 Å². The topological polar surface area (TPSA) is 19.7 Å². The third-order valence-electron chi connectivity index (χ3n) is 3.84. The van der Waals surface area contributed by atoms with E-state index in [1.165, 1.54) is 75.7 Å². The summed E-state index contributed by atoms with van der Waals surface area (Å²) in [6.07, 6.45) is 15.9. The van der Waals surface area contributed by atoms with Gasteiger partial charge in [0.2, 0.25) is 0 Å². The number of fused-ring (bicyclic) bond motifs is 2. The molecule has 0 saturated carbocycles. The lowest BCUT2D eigenvalue weighted by Crippen LogP contribution is -2.35. The van der Waals surface area contributed by atoms with Crippen LogP contribution in [0.15, 0.2) is 6.20 Å². The van der Waals surface area contributed by atoms with E-state index in [2.05, 4.69) is 22.8 Å². The number of nitrogens with one attached hydrogen (secondary N) is 1. The van der Waals surface area contributed by atoms with Gasteiger partial charge >= 0.3 is 0 Å². The number of aryl methyl sites for hydroxylation is 2. The molecule has 2 heterocycles. The Morgan fingerprint density at radius 1 is 0.875 bits per heavy atom. The van der Waals surface area contributed by atoms with Gasteiger partial charge in [-0.3, -0.25) is 0 Å². The van der Waals surface area contributed by atoms with E-state index in [1.54, 1.807) is 0 Å². The Bertz CT molecular complexity index is 285. The molecule has 90 valence electrons. The zero-order valence-electron chi connectivity index (χ0n) is 10.6. The van der Waals surface area contributed by atoms with Gasteiger partial charge in [0.1, 0.15) is 11.9 Å². The molecule has 0 aromatic carbocycles. The van der Waals surface area contributed by atoms with Crippen molar-refractivity contribution in [1.82, 2.24) is 4.98 Å². The van der Waals surface area contributed by atoms with Gasteiger partial charge in [-0.05, 0) is 12.8 Å². The van der Waals surface area contributed by atoms with E-state index in [-0.39, 0.29) is 0 Å². The van der Waals surface area contributed by atoms with Gasteiger partial charge in [-0.1, -0.05) is 38.5 Å². The molecule has 1 aromatic rings. The van der Waals surface area contributed by atoms with Crippen molar-refractivity contribution < 1.29 is 4.57 Å². The molecule has 0 spiro atoms. The van der Waals surface area contributed by atoms with Crippen LogP contribution in [0.3, 0.4) is 0 Å². The van der Waals surface area contributed by atoms with Crippen molar-refractivity contribution in [1.29, 1.82) is 0 Å². The van der Waals surface area contributed by atoms with E-state index < -0.39 is 0 Å². The van der Waals surface area contributed by atoms with Crippen LogP contribution in [-0.2, 0) is 19.9 Å². The average Bonchev–Trinajstić information content (AvgIpc) is 2.64. The first-order chi connectivity index (χ1) is 7.88. The Balaban J connectivity index is 1.98. The lowest BCUT2D eigenvalue weighted by molar-refractivity contribution is -0.685. The van der Waals surface area contributed by atoms with Crippen LogP contribution in [0, 0.1) is 0 Å². The molecule has 0 atom stereocenters. The molecule has 2 rings (SSSR count). The molecule has 0 aliphatic carbocycles. The predicted molar refractivity (Wildman–Crippen MR) is 66.3 cm³/mol. The van der Waals surface area contributed by atoms with Crippen molar-refractivity contribution in [2.75, 3.05) is 0 Å². The van der Waals surface area contributed by atoms with Crippen LogP contribution in [-0.4, -0.2) is 4.98 Å². The second-order valence-electron chi connectivity index (χ2n) is 5.11. The third kappa shape index (κ3) is 3.10. The molecule has 1 aliphatic heterocycles. The first-order valence-electron chi connectivity index (χ1n) is 6.93. The predicted octanol–water partition coefficient (Wildman–Crippen LogP) is 3.06. The largest absolute Gasteiger partial charge is 0.254 e. The van der Waals surface area contributed by atoms with Gasteiger partial charge in [0.25, 0.3) is 5.82 Å². The van der Waals surface area contributed by atoms with Crippen molar-refractivity contribution >= 4 is 0 Å². The van der Waals surface area contributed by atoms with E-state index in [1.807, 2.05) is 0 Å². The number of aromatic amines is 1. The summed E-state index contributed by atoms with van der Waals surface area (Å²) in [5.74, 6) is 1.41. The number of rotatable bonds is 0. The van der Waals surface area contributed by atoms with Crippen molar-refractivity contribution in [3.63, 3.8) is 0 Å². The normalized spacial score (nSPS) is 19.6. The number of H-pyrrole nitrogens is 1. The fourth-order valence-electron chi connectivity index (χ4n) is 2.67. The van der Waals surface area contributed by atoms with Gasteiger partial charge < -0.3 is 0 Å². The van der Waals surface area contributed by atoms with Crippen LogP contribution in [0.4, 0.5) is 0 Å². The standard InChI is InChI=1S/C14H24N2/c1-16-13-10-8-6-4-2-3-5-7-9-11-14(16)15-12-13/h12H,2-11H2,1H3/p+1. The number of hydrogen-bond donors (Lipinski definition) is 1. The maximum absolute atomic E-state index is 3.44. The maximum Gasteiger partial charge on any atom is 0.254 e. The summed E-state index contributed by atoms with van der Waals surface area (Å²) in [5, 5.41) is 0. The molecule has 1 aromatic heterocycles. The highest BCUT2D eigenvalue weighted by Gasteiger charge is 2.13. The summed E-state index contributed by atoms with van der Waals surface area (Å²) in [5.41, 5.74) is 1.48. The maximum atomic E-state index is 3.44. The molecular formula is C14H25N2+. The fraction of sp³-hybridized carbons (Fsp3) is 0.786. The zero-order valence-corrected chi connectivity index (χ0v) is 10.6. The molecule has 0 amide bonds. The summed E-state index contributed by atoms with van der Waals surface area (Å²) in [7, 11) is 2.21. The first kappa shape index (κ1) is 11.7. The van der Waals surface area contributed by atoms with E-state index in [4.69, 9.17) is 0 Å². The Hall–Kier alpha value is -0.790. The van der Waals surface area contributed by atoms with Crippen molar-refractivity contribution in [3.8, 4) is 0 Å². The Morgan fingerprint density at radius 2 is 1.44 bits per heavy atom. The van der Waals surface area contributed by atoms with Gasteiger partial charge in [0.05, 0.1) is 7.05 Å². The summed E-state index contributed by atoms with van der Waals surface area (Å²) in [6.45, 7) is 0. The van der Waals surface area contributed by atoms with Crippen LogP contribution in [0.1, 0.15) is 62.9 Å². The molecule has 1 N–H and O–H groups in total. The van der Waals surface area contributed by atoms with Gasteiger partial charge in [-0.2, -0.15) is 0 Å². The van der Waals surface area contributed by atoms with Crippen LogP contribution in [0.2, 0.25) is 0 Å². The molecule has 0 unspecified atom stereocenters. The van der Waals surface area contributed by atoms with E-state index >= 15 is 0 Å². The lowest BCUT2D eigenvalue weighted by Gasteiger charge is -2.00. The summed E-state index contributed by atoms with van der Waals surface area (Å²) in [6, 6.07) is 0. The molecule has 0 saturated heterocycles. The lowest BCUT2D eigenvalue weighted by atomic mass is 10.1. The molecule has 0 radical (unpaired) electrons. The first-order valence-corrected chi connectivity index (χ1v) is 6.93. The quantitative estimate of drug-likeness (QED) is 0.650. The summed E-state index contributed by atoms with van der Waals surface area (Å²) < 4.78 is 2.37. The highest BCUT2D eigenvalue weighted by Crippen LogP contribution is 2.12. The minimum absolute atomic E-state index is 1.22. The Morgan fingerprint density at radius 3 is 2.12 bits per heavy atom. The minimum atomic E-state index is 1.22. The van der Waals surface area contributed by atoms with Crippen LogP contribution in [0.25, 0.3) is 0 Å². The summed E-state index contributed by atoms with van der Waals surface area (Å²) in [4.78, 5) is 3.44. The number of imidazole rings is 1. The second kappa shape index (κ2) is 6.07. The molecule has 2 nitrogen and oxygen atoms in total. The van der Waals surface area contributed by atoms with Gasteiger partial charge in [-0.15, -0.1) is 0 Å². The minimum Gasteiger partial charge on any atom is -0.247 e. The third-order valence-corrected chi connectivity index (χ3v) is 3.84. The van der Waals surface area contributed by atoms with E-state index in [9.17, 15) is 0 Å². The second-order valence-corrected chi connectivity index (χ2v) is 5.11. The number of hydrogen-bond acceptors (Lipinski definition) is 0. The van der Waals surface area contributed by atoms with Crippen molar-refractivity contribution in [2.45, 2.75) is 64.2 Å². The van der Waals surface area contributed by atoms with Crippen LogP contribution < -0.4 is 4.57 Å². The SMILES string of the molecule is C[n+]1c2c[nH]c1CCCCCCCCCC2. The summed E-state index contributed by atoms with van der Waals surface area (Å²) >= 11 is 0. The molecule has 2 bridgehead atoms. The van der Waals surface area contributed by atoms with Gasteiger partial charge in [-0.25, -0.2) is 9.55 Å². The molecule has 16 heavy (non-hydrogen) atoms. The molecule has 0 fully saturated rings. The smallest absolute Gasteiger partial charge is 0.247 e. The van der Waals surface area contributed by atoms with Crippen molar-refractivity contribution in [2.24, 2.45) is 7.05 Å². The zero-order chi connectivity index (χ0) is 11.2.